The number of allylic oxidation sites excluding steroid dienone is 1. The van der Waals surface area contributed by atoms with Crippen LogP contribution in [-0.4, -0.2) is 12.9 Å². The Morgan fingerprint density at radius 3 is 2.41 bits per heavy atom. The van der Waals surface area contributed by atoms with Gasteiger partial charge in [-0.05, 0) is 40.6 Å². The first-order valence-corrected chi connectivity index (χ1v) is 7.11. The Bertz CT molecular complexity index is 833. The molecule has 0 aliphatic heterocycles. The van der Waals surface area contributed by atoms with Crippen LogP contribution in [0.5, 0.6) is 5.75 Å². The molecular formula is C20H16O2. The minimum Gasteiger partial charge on any atom is -0.497 e. The van der Waals surface area contributed by atoms with Crippen LogP contribution in [0.2, 0.25) is 0 Å². The summed E-state index contributed by atoms with van der Waals surface area (Å²) in [4.78, 5) is 12.1. The van der Waals surface area contributed by atoms with Crippen LogP contribution in [0.25, 0.3) is 16.8 Å². The molecular weight excluding hydrogens is 272 g/mol. The van der Waals surface area contributed by atoms with E-state index in [4.69, 9.17) is 4.74 Å². The number of ether oxygens (including phenoxy) is 1. The number of carbonyl (C=O) groups excluding carboxylic acids is 1. The molecule has 0 N–H and O–H groups in total. The van der Waals surface area contributed by atoms with Crippen LogP contribution in [0.4, 0.5) is 0 Å². The van der Waals surface area contributed by atoms with Gasteiger partial charge in [-0.1, -0.05) is 54.6 Å². The molecule has 0 saturated heterocycles. The van der Waals surface area contributed by atoms with Crippen LogP contribution in [0.15, 0.2) is 72.8 Å². The van der Waals surface area contributed by atoms with Crippen molar-refractivity contribution in [1.29, 1.82) is 0 Å². The van der Waals surface area contributed by atoms with E-state index in [1.54, 1.807) is 13.2 Å². The topological polar surface area (TPSA) is 26.3 Å². The molecule has 108 valence electrons. The van der Waals surface area contributed by atoms with Crippen molar-refractivity contribution in [1.82, 2.24) is 0 Å². The van der Waals surface area contributed by atoms with E-state index in [0.717, 1.165) is 22.1 Å². The van der Waals surface area contributed by atoms with Crippen molar-refractivity contribution in [3.8, 4) is 5.75 Å². The van der Waals surface area contributed by atoms with Crippen molar-refractivity contribution in [2.75, 3.05) is 7.11 Å². The Morgan fingerprint density at radius 2 is 1.64 bits per heavy atom. The normalized spacial score (nSPS) is 11.0. The Labute approximate surface area is 129 Å². The Balaban J connectivity index is 1.85. The van der Waals surface area contributed by atoms with Gasteiger partial charge in [0.1, 0.15) is 5.75 Å². The Kier molecular flexibility index (Phi) is 4.01. The summed E-state index contributed by atoms with van der Waals surface area (Å²) in [5.41, 5.74) is 1.70. The lowest BCUT2D eigenvalue weighted by Gasteiger charge is -2.03. The maximum Gasteiger partial charge on any atom is 0.185 e. The van der Waals surface area contributed by atoms with Crippen LogP contribution in [0, 0.1) is 0 Å². The van der Waals surface area contributed by atoms with Gasteiger partial charge in [0.25, 0.3) is 0 Å². The van der Waals surface area contributed by atoms with E-state index < -0.39 is 0 Å². The van der Waals surface area contributed by atoms with Gasteiger partial charge in [0, 0.05) is 5.56 Å². The minimum absolute atomic E-state index is 0.00966. The summed E-state index contributed by atoms with van der Waals surface area (Å²) in [6.45, 7) is 0. The van der Waals surface area contributed by atoms with Gasteiger partial charge in [0.05, 0.1) is 7.11 Å². The summed E-state index contributed by atoms with van der Waals surface area (Å²) in [6, 6.07) is 21.3. The van der Waals surface area contributed by atoms with Crippen LogP contribution >= 0.6 is 0 Å². The van der Waals surface area contributed by atoms with Crippen LogP contribution in [0.3, 0.4) is 0 Å². The van der Waals surface area contributed by atoms with Gasteiger partial charge < -0.3 is 4.74 Å². The number of hydrogen-bond acceptors (Lipinski definition) is 2. The largest absolute Gasteiger partial charge is 0.497 e. The average molecular weight is 288 g/mol. The minimum atomic E-state index is 0.00966. The molecule has 0 bridgehead atoms. The molecule has 0 spiro atoms. The van der Waals surface area contributed by atoms with E-state index in [1.807, 2.05) is 66.7 Å². The molecule has 3 aromatic carbocycles. The van der Waals surface area contributed by atoms with Gasteiger partial charge in [0.2, 0.25) is 0 Å². The molecule has 3 aromatic rings. The quantitative estimate of drug-likeness (QED) is 0.512. The fourth-order valence-corrected chi connectivity index (χ4v) is 2.34. The maximum absolute atomic E-state index is 12.1. The zero-order chi connectivity index (χ0) is 15.4. The molecule has 0 aliphatic carbocycles. The summed E-state index contributed by atoms with van der Waals surface area (Å²) in [5.74, 6) is 0.852. The molecule has 3 rings (SSSR count). The third kappa shape index (κ3) is 3.07. The highest BCUT2D eigenvalue weighted by molar-refractivity contribution is 6.06. The monoisotopic (exact) mass is 288 g/mol. The molecule has 0 atom stereocenters. The average Bonchev–Trinajstić information content (AvgIpc) is 2.59. The van der Waals surface area contributed by atoms with Crippen molar-refractivity contribution in [3.05, 3.63) is 83.9 Å². The Morgan fingerprint density at radius 1 is 0.909 bits per heavy atom. The third-order valence-electron chi connectivity index (χ3n) is 3.56. The second-order valence-electron chi connectivity index (χ2n) is 5.04. The standard InChI is InChI=1S/C20H16O2/c1-22-19-11-10-17-13-15(7-9-18(17)14-19)8-12-20(21)16-5-3-2-4-6-16/h2-14H,1H3. The Hall–Kier alpha value is -2.87. The zero-order valence-electron chi connectivity index (χ0n) is 12.3. The maximum atomic E-state index is 12.1. The molecule has 0 saturated carbocycles. The summed E-state index contributed by atoms with van der Waals surface area (Å²) in [6.07, 6.45) is 3.46. The lowest BCUT2D eigenvalue weighted by molar-refractivity contribution is 0.104. The molecule has 0 aromatic heterocycles. The number of methoxy groups -OCH3 is 1. The summed E-state index contributed by atoms with van der Waals surface area (Å²) in [7, 11) is 1.66. The van der Waals surface area contributed by atoms with Crippen LogP contribution in [0.1, 0.15) is 15.9 Å². The molecule has 2 heteroatoms. The molecule has 22 heavy (non-hydrogen) atoms. The smallest absolute Gasteiger partial charge is 0.185 e. The van der Waals surface area contributed by atoms with Crippen LogP contribution < -0.4 is 4.74 Å². The summed E-state index contributed by atoms with van der Waals surface area (Å²) < 4.78 is 5.22. The van der Waals surface area contributed by atoms with E-state index in [2.05, 4.69) is 6.07 Å². The van der Waals surface area contributed by atoms with E-state index in [-0.39, 0.29) is 5.78 Å². The molecule has 0 aliphatic rings. The number of benzene rings is 3. The molecule has 0 radical (unpaired) electrons. The first-order chi connectivity index (χ1) is 10.8. The number of fused-ring (bicyclic) bond motifs is 1. The second-order valence-corrected chi connectivity index (χ2v) is 5.04. The van der Waals surface area contributed by atoms with E-state index in [0.29, 0.717) is 5.56 Å². The molecule has 0 unspecified atom stereocenters. The highest BCUT2D eigenvalue weighted by Gasteiger charge is 2.00. The zero-order valence-corrected chi connectivity index (χ0v) is 12.3. The highest BCUT2D eigenvalue weighted by Crippen LogP contribution is 2.22. The van der Waals surface area contributed by atoms with E-state index >= 15 is 0 Å². The lowest BCUT2D eigenvalue weighted by atomic mass is 10.1. The summed E-state index contributed by atoms with van der Waals surface area (Å²) in [5, 5.41) is 2.24. The van der Waals surface area contributed by atoms with Gasteiger partial charge >= 0.3 is 0 Å². The molecule has 0 heterocycles. The predicted octanol–water partition coefficient (Wildman–Crippen LogP) is 4.74. The summed E-state index contributed by atoms with van der Waals surface area (Å²) >= 11 is 0. The SMILES string of the molecule is COc1ccc2cc(C=CC(=O)c3ccccc3)ccc2c1. The van der Waals surface area contributed by atoms with Crippen LogP contribution in [-0.2, 0) is 0 Å². The van der Waals surface area contributed by atoms with Gasteiger partial charge in [-0.3, -0.25) is 4.79 Å². The highest BCUT2D eigenvalue weighted by atomic mass is 16.5. The van der Waals surface area contributed by atoms with Gasteiger partial charge in [0.15, 0.2) is 5.78 Å². The number of carbonyl (C=O) groups is 1. The van der Waals surface area contributed by atoms with Crippen molar-refractivity contribution in [2.24, 2.45) is 0 Å². The molecule has 0 amide bonds. The first-order valence-electron chi connectivity index (χ1n) is 7.11. The number of rotatable bonds is 4. The van der Waals surface area contributed by atoms with Crippen molar-refractivity contribution in [3.63, 3.8) is 0 Å². The fourth-order valence-electron chi connectivity index (χ4n) is 2.34. The van der Waals surface area contributed by atoms with Crippen molar-refractivity contribution < 1.29 is 9.53 Å². The number of ketones is 1. The predicted molar refractivity (Wildman–Crippen MR) is 90.3 cm³/mol. The van der Waals surface area contributed by atoms with Crippen molar-refractivity contribution >= 4 is 22.6 Å². The fraction of sp³-hybridized carbons (Fsp3) is 0.0500. The lowest BCUT2D eigenvalue weighted by Crippen LogP contribution is -1.92. The van der Waals surface area contributed by atoms with E-state index in [9.17, 15) is 4.79 Å². The number of hydrogen-bond donors (Lipinski definition) is 0. The van der Waals surface area contributed by atoms with Gasteiger partial charge in [-0.2, -0.15) is 0 Å². The second kappa shape index (κ2) is 6.27. The third-order valence-corrected chi connectivity index (χ3v) is 3.56. The van der Waals surface area contributed by atoms with Gasteiger partial charge in [-0.15, -0.1) is 0 Å². The van der Waals surface area contributed by atoms with Gasteiger partial charge in [-0.25, -0.2) is 0 Å². The van der Waals surface area contributed by atoms with E-state index in [1.165, 1.54) is 0 Å². The molecule has 0 fully saturated rings. The molecule has 2 nitrogen and oxygen atoms in total. The van der Waals surface area contributed by atoms with Crippen molar-refractivity contribution in [2.45, 2.75) is 0 Å². The first kappa shape index (κ1) is 14.1.